The van der Waals surface area contributed by atoms with Gasteiger partial charge >= 0.3 is 5.97 Å². The molecule has 6 nitrogen and oxygen atoms in total. The van der Waals surface area contributed by atoms with E-state index in [0.29, 0.717) is 5.03 Å². The van der Waals surface area contributed by atoms with E-state index in [1.165, 1.54) is 23.2 Å². The number of nitrogens with zero attached hydrogens (tertiary/aromatic N) is 2. The third-order valence-corrected chi connectivity index (χ3v) is 4.42. The lowest BCUT2D eigenvalue weighted by Crippen LogP contribution is -2.33. The molecule has 1 aromatic rings. The molecule has 2 heterocycles. The van der Waals surface area contributed by atoms with E-state index in [4.69, 9.17) is 5.11 Å². The zero-order chi connectivity index (χ0) is 14.3. The van der Waals surface area contributed by atoms with E-state index in [9.17, 15) is 14.4 Å². The van der Waals surface area contributed by atoms with Crippen LogP contribution in [0.25, 0.3) is 0 Å². The molecule has 1 atom stereocenters. The summed E-state index contributed by atoms with van der Waals surface area (Å²) in [6, 6.07) is 2.90. The average Bonchev–Trinajstić information content (AvgIpc) is 3.19. The van der Waals surface area contributed by atoms with E-state index < -0.39 is 11.2 Å². The van der Waals surface area contributed by atoms with Gasteiger partial charge in [0.25, 0.3) is 0 Å². The second-order valence-corrected chi connectivity index (χ2v) is 6.05. The maximum Gasteiger partial charge on any atom is 0.335 e. The van der Waals surface area contributed by atoms with Gasteiger partial charge in [-0.2, -0.15) is 0 Å². The molecule has 1 aromatic heterocycles. The van der Waals surface area contributed by atoms with Crippen LogP contribution in [0, 0.1) is 0 Å². The number of hydrogen-bond acceptors (Lipinski definition) is 5. The summed E-state index contributed by atoms with van der Waals surface area (Å²) >= 11 is 1.16. The molecule has 2 amide bonds. The SMILES string of the molecule is O=C(O)c1ccnc(SC2CC(=O)N(C3CC3)C2=O)c1. The molecule has 1 aliphatic heterocycles. The van der Waals surface area contributed by atoms with Crippen LogP contribution in [-0.2, 0) is 9.59 Å². The van der Waals surface area contributed by atoms with Gasteiger partial charge in [0.2, 0.25) is 11.8 Å². The molecule has 1 aliphatic carbocycles. The van der Waals surface area contributed by atoms with Crippen LogP contribution in [-0.4, -0.2) is 44.1 Å². The van der Waals surface area contributed by atoms with E-state index in [-0.39, 0.29) is 29.8 Å². The molecule has 104 valence electrons. The monoisotopic (exact) mass is 292 g/mol. The minimum absolute atomic E-state index is 0.0823. The number of thioether (sulfide) groups is 1. The molecule has 0 aromatic carbocycles. The molecule has 1 N–H and O–H groups in total. The molecule has 0 radical (unpaired) electrons. The Morgan fingerprint density at radius 1 is 1.40 bits per heavy atom. The first-order valence-corrected chi connectivity index (χ1v) is 7.16. The van der Waals surface area contributed by atoms with Crippen molar-refractivity contribution < 1.29 is 19.5 Å². The number of hydrogen-bond donors (Lipinski definition) is 1. The Kier molecular flexibility index (Phi) is 3.21. The number of aromatic nitrogens is 1. The minimum Gasteiger partial charge on any atom is -0.478 e. The van der Waals surface area contributed by atoms with Crippen molar-refractivity contribution in [2.75, 3.05) is 0 Å². The standard InChI is InChI=1S/C13H12N2O4S/c16-11-6-9(12(17)15(11)8-1-2-8)20-10-5-7(13(18)19)3-4-14-10/h3-5,8-9H,1-2,6H2,(H,18,19). The van der Waals surface area contributed by atoms with Crippen molar-refractivity contribution in [2.24, 2.45) is 0 Å². The van der Waals surface area contributed by atoms with Gasteiger partial charge in [-0.05, 0) is 25.0 Å². The summed E-state index contributed by atoms with van der Waals surface area (Å²) in [7, 11) is 0. The van der Waals surface area contributed by atoms with Crippen molar-refractivity contribution in [1.82, 2.24) is 9.88 Å². The molecule has 20 heavy (non-hydrogen) atoms. The molecule has 7 heteroatoms. The van der Waals surface area contributed by atoms with E-state index in [1.54, 1.807) is 0 Å². The van der Waals surface area contributed by atoms with Crippen molar-refractivity contribution >= 4 is 29.5 Å². The van der Waals surface area contributed by atoms with Crippen LogP contribution in [0.15, 0.2) is 23.4 Å². The number of carboxylic acid groups (broad SMARTS) is 1. The van der Waals surface area contributed by atoms with Crippen molar-refractivity contribution in [2.45, 2.75) is 35.6 Å². The highest BCUT2D eigenvalue weighted by atomic mass is 32.2. The summed E-state index contributed by atoms with van der Waals surface area (Å²) < 4.78 is 0. The number of carbonyl (C=O) groups is 3. The van der Waals surface area contributed by atoms with Gasteiger partial charge in [-0.15, -0.1) is 0 Å². The third-order valence-electron chi connectivity index (χ3n) is 3.30. The number of pyridine rings is 1. The topological polar surface area (TPSA) is 87.6 Å². The summed E-state index contributed by atoms with van der Waals surface area (Å²) in [4.78, 5) is 40.3. The van der Waals surface area contributed by atoms with Crippen LogP contribution in [0.3, 0.4) is 0 Å². The summed E-state index contributed by atoms with van der Waals surface area (Å²) in [5.74, 6) is -1.35. The van der Waals surface area contributed by atoms with E-state index in [2.05, 4.69) is 4.98 Å². The van der Waals surface area contributed by atoms with Crippen LogP contribution >= 0.6 is 11.8 Å². The molecule has 1 unspecified atom stereocenters. The first kappa shape index (κ1) is 13.1. The normalized spacial score (nSPS) is 22.4. The quantitative estimate of drug-likeness (QED) is 0.838. The second-order valence-electron chi connectivity index (χ2n) is 4.83. The highest BCUT2D eigenvalue weighted by molar-refractivity contribution is 8.00. The molecule has 1 saturated heterocycles. The Morgan fingerprint density at radius 2 is 2.15 bits per heavy atom. The predicted octanol–water partition coefficient (Wildman–Crippen LogP) is 1.16. The number of amides is 2. The molecule has 3 rings (SSSR count). The molecular formula is C13H12N2O4S. The van der Waals surface area contributed by atoms with Gasteiger partial charge in [-0.25, -0.2) is 9.78 Å². The van der Waals surface area contributed by atoms with E-state index >= 15 is 0 Å². The predicted molar refractivity (Wildman–Crippen MR) is 70.3 cm³/mol. The first-order valence-electron chi connectivity index (χ1n) is 6.28. The zero-order valence-corrected chi connectivity index (χ0v) is 11.3. The molecule has 2 aliphatic rings. The average molecular weight is 292 g/mol. The number of aromatic carboxylic acids is 1. The minimum atomic E-state index is -1.04. The summed E-state index contributed by atoms with van der Waals surface area (Å²) in [6.45, 7) is 0. The van der Waals surface area contributed by atoms with Crippen LogP contribution in [0.2, 0.25) is 0 Å². The Labute approximate surface area is 119 Å². The molecule has 1 saturated carbocycles. The summed E-state index contributed by atoms with van der Waals surface area (Å²) in [5.41, 5.74) is 0.123. The Balaban J connectivity index is 1.75. The van der Waals surface area contributed by atoms with Crippen molar-refractivity contribution in [3.63, 3.8) is 0 Å². The van der Waals surface area contributed by atoms with Crippen molar-refractivity contribution in [3.8, 4) is 0 Å². The third kappa shape index (κ3) is 2.40. The van der Waals surface area contributed by atoms with Gasteiger partial charge in [0, 0.05) is 18.7 Å². The van der Waals surface area contributed by atoms with Gasteiger partial charge in [0.1, 0.15) is 0 Å². The van der Waals surface area contributed by atoms with Gasteiger partial charge in [-0.1, -0.05) is 11.8 Å². The number of likely N-dealkylation sites (tertiary alicyclic amines) is 1. The first-order chi connectivity index (χ1) is 9.56. The maximum absolute atomic E-state index is 12.2. The fraction of sp³-hybridized carbons (Fsp3) is 0.385. The van der Waals surface area contributed by atoms with Gasteiger partial charge < -0.3 is 5.11 Å². The molecule has 0 spiro atoms. The number of imide groups is 1. The largest absolute Gasteiger partial charge is 0.478 e. The summed E-state index contributed by atoms with van der Waals surface area (Å²) in [6.07, 6.45) is 3.34. The van der Waals surface area contributed by atoms with Crippen molar-refractivity contribution in [3.05, 3.63) is 23.9 Å². The zero-order valence-electron chi connectivity index (χ0n) is 10.5. The van der Waals surface area contributed by atoms with E-state index in [1.807, 2.05) is 0 Å². The van der Waals surface area contributed by atoms with Crippen LogP contribution in [0.1, 0.15) is 29.6 Å². The Hall–Kier alpha value is -1.89. The lowest BCUT2D eigenvalue weighted by atomic mass is 10.3. The van der Waals surface area contributed by atoms with Gasteiger partial charge in [-0.3, -0.25) is 14.5 Å². The number of rotatable bonds is 4. The maximum atomic E-state index is 12.2. The lowest BCUT2D eigenvalue weighted by molar-refractivity contribution is -0.138. The number of carbonyl (C=O) groups excluding carboxylic acids is 2. The second kappa shape index (κ2) is 4.90. The fourth-order valence-electron chi connectivity index (χ4n) is 2.18. The van der Waals surface area contributed by atoms with Crippen LogP contribution in [0.4, 0.5) is 0 Å². The molecule has 2 fully saturated rings. The van der Waals surface area contributed by atoms with Gasteiger partial charge in [0.05, 0.1) is 15.8 Å². The van der Waals surface area contributed by atoms with E-state index in [0.717, 1.165) is 24.6 Å². The Bertz CT molecular complexity index is 600. The molecule has 0 bridgehead atoms. The Morgan fingerprint density at radius 3 is 2.80 bits per heavy atom. The molecular weight excluding hydrogens is 280 g/mol. The highest BCUT2D eigenvalue weighted by Gasteiger charge is 2.46. The smallest absolute Gasteiger partial charge is 0.335 e. The van der Waals surface area contributed by atoms with Crippen molar-refractivity contribution in [1.29, 1.82) is 0 Å². The van der Waals surface area contributed by atoms with Gasteiger partial charge in [0.15, 0.2) is 0 Å². The van der Waals surface area contributed by atoms with Crippen LogP contribution < -0.4 is 0 Å². The van der Waals surface area contributed by atoms with Crippen LogP contribution in [0.5, 0.6) is 0 Å². The highest BCUT2D eigenvalue weighted by Crippen LogP contribution is 2.37. The summed E-state index contributed by atoms with van der Waals surface area (Å²) in [5, 5.41) is 8.89. The number of carboxylic acids is 1. The fourth-order valence-corrected chi connectivity index (χ4v) is 3.23. The lowest BCUT2D eigenvalue weighted by Gasteiger charge is -2.13.